The SMILES string of the molecule is CC(C)C1CN(C(=O)/C=C/c2cccc(C(F)(F)F)c2)c2ccc(-c3cn(C)c4ncnc(N)c34)cc21. The Morgan fingerprint density at radius 3 is 2.68 bits per heavy atom. The molecule has 3 heterocycles. The number of halogens is 3. The van der Waals surface area contributed by atoms with Crippen molar-refractivity contribution in [3.63, 3.8) is 0 Å². The number of anilines is 2. The van der Waals surface area contributed by atoms with E-state index in [1.807, 2.05) is 29.9 Å². The Bertz CT molecular complexity index is 1540. The summed E-state index contributed by atoms with van der Waals surface area (Å²) in [6.45, 7) is 4.71. The van der Waals surface area contributed by atoms with E-state index in [-0.39, 0.29) is 17.7 Å². The van der Waals surface area contributed by atoms with Crippen LogP contribution in [0.15, 0.2) is 61.1 Å². The maximum Gasteiger partial charge on any atom is 0.416 e. The van der Waals surface area contributed by atoms with Crippen molar-refractivity contribution in [2.75, 3.05) is 17.2 Å². The smallest absolute Gasteiger partial charge is 0.383 e. The summed E-state index contributed by atoms with van der Waals surface area (Å²) < 4.78 is 41.0. The summed E-state index contributed by atoms with van der Waals surface area (Å²) in [4.78, 5) is 23.4. The van der Waals surface area contributed by atoms with E-state index in [1.54, 1.807) is 11.0 Å². The third-order valence-corrected chi connectivity index (χ3v) is 6.89. The first-order valence-electron chi connectivity index (χ1n) is 11.9. The molecule has 1 atom stereocenters. The summed E-state index contributed by atoms with van der Waals surface area (Å²) in [7, 11) is 1.90. The molecule has 37 heavy (non-hydrogen) atoms. The average molecular weight is 506 g/mol. The van der Waals surface area contributed by atoms with Gasteiger partial charge in [0.15, 0.2) is 0 Å². The number of hydrogen-bond acceptors (Lipinski definition) is 4. The second-order valence-electron chi connectivity index (χ2n) is 9.64. The number of carbonyl (C=O) groups is 1. The van der Waals surface area contributed by atoms with Crippen LogP contribution in [0.5, 0.6) is 0 Å². The van der Waals surface area contributed by atoms with E-state index in [2.05, 4.69) is 29.9 Å². The fourth-order valence-electron chi connectivity index (χ4n) is 4.97. The summed E-state index contributed by atoms with van der Waals surface area (Å²) >= 11 is 0. The number of nitrogen functional groups attached to an aromatic ring is 1. The van der Waals surface area contributed by atoms with E-state index >= 15 is 0 Å². The fourth-order valence-corrected chi connectivity index (χ4v) is 4.97. The number of rotatable bonds is 4. The van der Waals surface area contributed by atoms with Gasteiger partial charge in [0.25, 0.3) is 5.91 Å². The second kappa shape index (κ2) is 9.06. The zero-order valence-electron chi connectivity index (χ0n) is 20.6. The van der Waals surface area contributed by atoms with E-state index < -0.39 is 11.7 Å². The first-order chi connectivity index (χ1) is 17.5. The number of amides is 1. The lowest BCUT2D eigenvalue weighted by Gasteiger charge is -2.17. The highest BCUT2D eigenvalue weighted by atomic mass is 19.4. The molecule has 1 aliphatic heterocycles. The molecule has 190 valence electrons. The molecule has 2 N–H and O–H groups in total. The molecular formula is C28H26F3N5O. The minimum Gasteiger partial charge on any atom is -0.383 e. The molecule has 0 spiro atoms. The van der Waals surface area contributed by atoms with E-state index in [0.29, 0.717) is 17.9 Å². The lowest BCUT2D eigenvalue weighted by molar-refractivity contribution is -0.137. The van der Waals surface area contributed by atoms with Crippen LogP contribution >= 0.6 is 0 Å². The molecule has 9 heteroatoms. The first-order valence-corrected chi connectivity index (χ1v) is 11.9. The Kier molecular flexibility index (Phi) is 6.01. The van der Waals surface area contributed by atoms with Crippen molar-refractivity contribution in [3.8, 4) is 11.1 Å². The van der Waals surface area contributed by atoms with Crippen molar-refractivity contribution in [1.29, 1.82) is 0 Å². The molecule has 1 aliphatic rings. The molecule has 0 saturated heterocycles. The van der Waals surface area contributed by atoms with Gasteiger partial charge in [0, 0.05) is 43.0 Å². The Balaban J connectivity index is 1.49. The summed E-state index contributed by atoms with van der Waals surface area (Å²) in [5.41, 5.74) is 10.2. The van der Waals surface area contributed by atoms with Crippen LogP contribution in [0.2, 0.25) is 0 Å². The van der Waals surface area contributed by atoms with Crippen molar-refractivity contribution in [3.05, 3.63) is 77.8 Å². The molecule has 0 radical (unpaired) electrons. The molecule has 2 aromatic carbocycles. The van der Waals surface area contributed by atoms with Crippen LogP contribution < -0.4 is 10.6 Å². The molecule has 5 rings (SSSR count). The molecule has 0 saturated carbocycles. The maximum absolute atomic E-state index is 13.2. The van der Waals surface area contributed by atoms with Crippen LogP contribution in [0.3, 0.4) is 0 Å². The normalized spacial score (nSPS) is 15.8. The molecule has 1 unspecified atom stereocenters. The largest absolute Gasteiger partial charge is 0.416 e. The molecule has 0 bridgehead atoms. The quantitative estimate of drug-likeness (QED) is 0.343. The maximum atomic E-state index is 13.2. The number of carbonyl (C=O) groups excluding carboxylic acids is 1. The van der Waals surface area contributed by atoms with Crippen LogP contribution in [-0.2, 0) is 18.0 Å². The fraction of sp³-hybridized carbons (Fsp3) is 0.250. The summed E-state index contributed by atoms with van der Waals surface area (Å²) in [6.07, 6.45) is 1.73. The Morgan fingerprint density at radius 1 is 1.16 bits per heavy atom. The van der Waals surface area contributed by atoms with Crippen LogP contribution in [0.25, 0.3) is 28.2 Å². The van der Waals surface area contributed by atoms with Gasteiger partial charge in [0.1, 0.15) is 17.8 Å². The van der Waals surface area contributed by atoms with Gasteiger partial charge in [-0.15, -0.1) is 0 Å². The lowest BCUT2D eigenvalue weighted by Crippen LogP contribution is -2.28. The van der Waals surface area contributed by atoms with Crippen LogP contribution in [0, 0.1) is 5.92 Å². The number of fused-ring (bicyclic) bond motifs is 2. The Labute approximate surface area is 212 Å². The van der Waals surface area contributed by atoms with Crippen LogP contribution in [0.4, 0.5) is 24.7 Å². The highest BCUT2D eigenvalue weighted by molar-refractivity contribution is 6.06. The summed E-state index contributed by atoms with van der Waals surface area (Å²) in [5, 5.41) is 0.779. The van der Waals surface area contributed by atoms with Gasteiger partial charge in [-0.25, -0.2) is 9.97 Å². The standard InChI is InChI=1S/C28H26F3N5O/c1-16(2)21-14-36(24(37)10-7-17-5-4-6-19(11-17)28(29,30)31)23-9-8-18(12-20(21)23)22-13-35(3)27-25(22)26(32)33-15-34-27/h4-13,15-16,21H,14H2,1-3H3,(H2,32,33,34)/b10-7+. The Hall–Kier alpha value is -4.14. The monoisotopic (exact) mass is 505 g/mol. The molecule has 1 amide bonds. The summed E-state index contributed by atoms with van der Waals surface area (Å²) in [6, 6.07) is 10.9. The second-order valence-corrected chi connectivity index (χ2v) is 9.64. The minimum absolute atomic E-state index is 0.101. The molecule has 6 nitrogen and oxygen atoms in total. The van der Waals surface area contributed by atoms with Crippen molar-refractivity contribution >= 4 is 34.5 Å². The van der Waals surface area contributed by atoms with Gasteiger partial charge in [-0.1, -0.05) is 32.0 Å². The first kappa shape index (κ1) is 24.5. The third kappa shape index (κ3) is 4.45. The van der Waals surface area contributed by atoms with Gasteiger partial charge in [0.2, 0.25) is 0 Å². The highest BCUT2D eigenvalue weighted by Gasteiger charge is 2.34. The van der Waals surface area contributed by atoms with Crippen LogP contribution in [-0.4, -0.2) is 27.0 Å². The van der Waals surface area contributed by atoms with E-state index in [4.69, 9.17) is 5.73 Å². The molecule has 0 fully saturated rings. The number of alkyl halides is 3. The van der Waals surface area contributed by atoms with Crippen molar-refractivity contribution in [1.82, 2.24) is 14.5 Å². The zero-order valence-corrected chi connectivity index (χ0v) is 20.6. The topological polar surface area (TPSA) is 77.0 Å². The number of benzene rings is 2. The van der Waals surface area contributed by atoms with Gasteiger partial charge in [-0.05, 0) is 52.9 Å². The van der Waals surface area contributed by atoms with Crippen molar-refractivity contribution < 1.29 is 18.0 Å². The number of aromatic nitrogens is 3. The van der Waals surface area contributed by atoms with Gasteiger partial charge in [-0.2, -0.15) is 13.2 Å². The molecule has 0 aliphatic carbocycles. The minimum atomic E-state index is -4.44. The van der Waals surface area contributed by atoms with Crippen molar-refractivity contribution in [2.24, 2.45) is 13.0 Å². The predicted molar refractivity (Wildman–Crippen MR) is 139 cm³/mol. The van der Waals surface area contributed by atoms with Gasteiger partial charge in [0.05, 0.1) is 10.9 Å². The van der Waals surface area contributed by atoms with E-state index in [1.165, 1.54) is 24.5 Å². The molecular weight excluding hydrogens is 479 g/mol. The number of nitrogens with zero attached hydrogens (tertiary/aromatic N) is 4. The van der Waals surface area contributed by atoms with Gasteiger partial charge in [-0.3, -0.25) is 4.79 Å². The summed E-state index contributed by atoms with van der Waals surface area (Å²) in [5.74, 6) is 0.486. The highest BCUT2D eigenvalue weighted by Crippen LogP contribution is 2.43. The van der Waals surface area contributed by atoms with Crippen molar-refractivity contribution in [2.45, 2.75) is 25.9 Å². The molecule has 4 aromatic rings. The van der Waals surface area contributed by atoms with Gasteiger partial charge < -0.3 is 15.2 Å². The number of hydrogen-bond donors (Lipinski definition) is 1. The Morgan fingerprint density at radius 2 is 1.95 bits per heavy atom. The number of aryl methyl sites for hydroxylation is 1. The average Bonchev–Trinajstić information content (AvgIpc) is 3.41. The van der Waals surface area contributed by atoms with E-state index in [0.717, 1.165) is 45.5 Å². The van der Waals surface area contributed by atoms with Crippen LogP contribution in [0.1, 0.15) is 36.5 Å². The zero-order chi connectivity index (χ0) is 26.5. The third-order valence-electron chi connectivity index (χ3n) is 6.89. The predicted octanol–water partition coefficient (Wildman–Crippen LogP) is 6.04. The number of nitrogens with two attached hydrogens (primary N) is 1. The van der Waals surface area contributed by atoms with Gasteiger partial charge >= 0.3 is 6.18 Å². The molecule has 2 aromatic heterocycles. The van der Waals surface area contributed by atoms with E-state index in [9.17, 15) is 18.0 Å². The lowest BCUT2D eigenvalue weighted by atomic mass is 9.88.